The Balaban J connectivity index is 2.23. The summed E-state index contributed by atoms with van der Waals surface area (Å²) in [6.45, 7) is 2.95. The van der Waals surface area contributed by atoms with E-state index < -0.39 is 9.84 Å². The largest absolute Gasteiger partial charge is 0.382 e. The van der Waals surface area contributed by atoms with Crippen LogP contribution >= 0.6 is 11.5 Å². The number of sulfone groups is 1. The molecule has 1 fully saturated rings. The Kier molecular flexibility index (Phi) is 4.08. The first-order valence-electron chi connectivity index (χ1n) is 5.86. The van der Waals surface area contributed by atoms with Gasteiger partial charge in [0, 0.05) is 6.61 Å². The van der Waals surface area contributed by atoms with Crippen molar-refractivity contribution in [3.8, 4) is 0 Å². The van der Waals surface area contributed by atoms with Crippen molar-refractivity contribution in [1.29, 1.82) is 0 Å². The third-order valence-corrected chi connectivity index (χ3v) is 5.58. The number of nitrogens with zero attached hydrogens (tertiary/aromatic N) is 1. The molecule has 102 valence electrons. The van der Waals surface area contributed by atoms with Crippen molar-refractivity contribution < 1.29 is 13.2 Å². The van der Waals surface area contributed by atoms with Gasteiger partial charge >= 0.3 is 0 Å². The van der Waals surface area contributed by atoms with E-state index in [9.17, 15) is 8.42 Å². The summed E-state index contributed by atoms with van der Waals surface area (Å²) < 4.78 is 33.2. The summed E-state index contributed by atoms with van der Waals surface area (Å²) >= 11 is 1.09. The number of hydrogen-bond donors (Lipinski definition) is 2. The Morgan fingerprint density at radius 3 is 3.00 bits per heavy atom. The van der Waals surface area contributed by atoms with Gasteiger partial charge in [0.15, 0.2) is 15.7 Å². The molecular weight excluding hydrogens is 274 g/mol. The molecule has 1 aromatic heterocycles. The molecule has 1 saturated heterocycles. The van der Waals surface area contributed by atoms with Crippen molar-refractivity contribution in [3.05, 3.63) is 0 Å². The number of nitrogens with two attached hydrogens (primary N) is 1. The van der Waals surface area contributed by atoms with Crippen LogP contribution in [-0.4, -0.2) is 37.8 Å². The molecule has 8 heteroatoms. The van der Waals surface area contributed by atoms with E-state index in [-0.39, 0.29) is 22.5 Å². The zero-order valence-corrected chi connectivity index (χ0v) is 11.8. The maximum Gasteiger partial charge on any atom is 0.184 e. The van der Waals surface area contributed by atoms with Gasteiger partial charge in [0.1, 0.15) is 9.90 Å². The van der Waals surface area contributed by atoms with Crippen LogP contribution in [0.1, 0.15) is 19.8 Å². The summed E-state index contributed by atoms with van der Waals surface area (Å²) in [5.41, 5.74) is 5.66. The molecule has 0 aliphatic carbocycles. The van der Waals surface area contributed by atoms with Crippen LogP contribution in [0.4, 0.5) is 10.8 Å². The lowest BCUT2D eigenvalue weighted by atomic mass is 10.1. The fraction of sp³-hybridized carbons (Fsp3) is 0.700. The van der Waals surface area contributed by atoms with Gasteiger partial charge in [-0.15, -0.1) is 0 Å². The second kappa shape index (κ2) is 5.41. The highest BCUT2D eigenvalue weighted by Crippen LogP contribution is 2.33. The molecule has 1 aliphatic heterocycles. The van der Waals surface area contributed by atoms with Gasteiger partial charge in [0.25, 0.3) is 0 Å². The van der Waals surface area contributed by atoms with E-state index >= 15 is 0 Å². The van der Waals surface area contributed by atoms with Crippen LogP contribution in [0.15, 0.2) is 4.90 Å². The summed E-state index contributed by atoms with van der Waals surface area (Å²) in [5.74, 6) is 0.104. The molecule has 18 heavy (non-hydrogen) atoms. The van der Waals surface area contributed by atoms with Crippen LogP contribution < -0.4 is 11.1 Å². The first-order valence-corrected chi connectivity index (χ1v) is 8.29. The molecule has 0 radical (unpaired) electrons. The highest BCUT2D eigenvalue weighted by molar-refractivity contribution is 7.91. The van der Waals surface area contributed by atoms with Crippen molar-refractivity contribution in [2.45, 2.75) is 30.7 Å². The number of aromatic nitrogens is 1. The summed E-state index contributed by atoms with van der Waals surface area (Å²) in [6.07, 6.45) is 1.94. The molecule has 3 N–H and O–H groups in total. The smallest absolute Gasteiger partial charge is 0.184 e. The van der Waals surface area contributed by atoms with Crippen molar-refractivity contribution in [3.63, 3.8) is 0 Å². The summed E-state index contributed by atoms with van der Waals surface area (Å²) in [6, 6.07) is 0.129. The van der Waals surface area contributed by atoms with Crippen LogP contribution in [0.3, 0.4) is 0 Å². The van der Waals surface area contributed by atoms with Gasteiger partial charge in [0.05, 0.1) is 18.4 Å². The van der Waals surface area contributed by atoms with Crippen molar-refractivity contribution in [2.75, 3.05) is 30.0 Å². The SMILES string of the molecule is CCS(=O)(=O)c1c(N)nsc1NC1CCCOC1. The van der Waals surface area contributed by atoms with Crippen LogP contribution in [0.2, 0.25) is 0 Å². The summed E-state index contributed by atoms with van der Waals surface area (Å²) in [7, 11) is -3.35. The lowest BCUT2D eigenvalue weighted by Crippen LogP contribution is -2.30. The summed E-state index contributed by atoms with van der Waals surface area (Å²) in [4.78, 5) is 0.139. The van der Waals surface area contributed by atoms with Crippen LogP contribution in [0.5, 0.6) is 0 Å². The van der Waals surface area contributed by atoms with Crippen molar-refractivity contribution >= 4 is 32.2 Å². The quantitative estimate of drug-likeness (QED) is 0.863. The third kappa shape index (κ3) is 2.76. The van der Waals surface area contributed by atoms with Gasteiger partial charge in [-0.3, -0.25) is 0 Å². The summed E-state index contributed by atoms with van der Waals surface area (Å²) in [5, 5.41) is 3.71. The second-order valence-electron chi connectivity index (χ2n) is 4.19. The minimum atomic E-state index is -3.35. The predicted octanol–water partition coefficient (Wildman–Crippen LogP) is 1.11. The Hall–Kier alpha value is -0.860. The number of ether oxygens (including phenoxy) is 1. The highest BCUT2D eigenvalue weighted by atomic mass is 32.2. The number of rotatable bonds is 4. The molecule has 1 unspecified atom stereocenters. The molecule has 1 aromatic rings. The lowest BCUT2D eigenvalue weighted by molar-refractivity contribution is 0.0876. The van der Waals surface area contributed by atoms with Crippen LogP contribution in [0, 0.1) is 0 Å². The van der Waals surface area contributed by atoms with Crippen molar-refractivity contribution in [2.24, 2.45) is 0 Å². The average Bonchev–Trinajstić information content (AvgIpc) is 2.72. The minimum absolute atomic E-state index is 0.0193. The molecule has 0 bridgehead atoms. The van der Waals surface area contributed by atoms with E-state index in [1.807, 2.05) is 0 Å². The van der Waals surface area contributed by atoms with E-state index in [2.05, 4.69) is 9.69 Å². The van der Waals surface area contributed by atoms with Gasteiger partial charge in [-0.25, -0.2) is 8.42 Å². The van der Waals surface area contributed by atoms with Crippen molar-refractivity contribution in [1.82, 2.24) is 4.37 Å². The normalized spacial score (nSPS) is 20.8. The molecule has 0 saturated carbocycles. The number of nitrogens with one attached hydrogen (secondary N) is 1. The Labute approximate surface area is 111 Å². The number of hydrogen-bond acceptors (Lipinski definition) is 7. The van der Waals surface area contributed by atoms with E-state index in [1.165, 1.54) is 0 Å². The minimum Gasteiger partial charge on any atom is -0.382 e. The molecular formula is C10H17N3O3S2. The lowest BCUT2D eigenvalue weighted by Gasteiger charge is -2.23. The Morgan fingerprint density at radius 2 is 2.39 bits per heavy atom. The molecule has 1 atom stereocenters. The maximum absolute atomic E-state index is 12.0. The number of anilines is 2. The molecule has 1 aliphatic rings. The van der Waals surface area contributed by atoms with Gasteiger partial charge in [-0.1, -0.05) is 6.92 Å². The standard InChI is InChI=1S/C10H17N3O3S2/c1-2-18(14,15)8-9(11)13-17-10(8)12-7-4-3-5-16-6-7/h7,12H,2-6H2,1H3,(H2,11,13). The predicted molar refractivity (Wildman–Crippen MR) is 71.7 cm³/mol. The first-order chi connectivity index (χ1) is 8.54. The van der Waals surface area contributed by atoms with E-state index in [0.717, 1.165) is 31.0 Å². The van der Waals surface area contributed by atoms with Crippen LogP contribution in [-0.2, 0) is 14.6 Å². The highest BCUT2D eigenvalue weighted by Gasteiger charge is 2.26. The molecule has 0 amide bonds. The van der Waals surface area contributed by atoms with Crippen LogP contribution in [0.25, 0.3) is 0 Å². The monoisotopic (exact) mass is 291 g/mol. The molecule has 0 aromatic carbocycles. The Bertz CT molecular complexity index is 506. The Morgan fingerprint density at radius 1 is 1.61 bits per heavy atom. The third-order valence-electron chi connectivity index (χ3n) is 2.86. The zero-order chi connectivity index (χ0) is 13.2. The molecule has 6 nitrogen and oxygen atoms in total. The topological polar surface area (TPSA) is 94.3 Å². The second-order valence-corrected chi connectivity index (χ2v) is 7.18. The van der Waals surface area contributed by atoms with E-state index in [1.54, 1.807) is 6.92 Å². The fourth-order valence-corrected chi connectivity index (χ4v) is 4.10. The number of nitrogen functional groups attached to an aromatic ring is 1. The van der Waals surface area contributed by atoms with E-state index in [4.69, 9.17) is 10.5 Å². The fourth-order valence-electron chi connectivity index (χ4n) is 1.87. The van der Waals surface area contributed by atoms with Gasteiger partial charge in [-0.05, 0) is 24.4 Å². The molecule has 2 heterocycles. The maximum atomic E-state index is 12.0. The van der Waals surface area contributed by atoms with Gasteiger partial charge in [-0.2, -0.15) is 4.37 Å². The molecule has 2 rings (SSSR count). The van der Waals surface area contributed by atoms with E-state index in [0.29, 0.717) is 11.6 Å². The van der Waals surface area contributed by atoms with Gasteiger partial charge in [0.2, 0.25) is 0 Å². The molecule has 0 spiro atoms. The average molecular weight is 291 g/mol. The zero-order valence-electron chi connectivity index (χ0n) is 10.2. The first kappa shape index (κ1) is 13.6. The van der Waals surface area contributed by atoms with Gasteiger partial charge < -0.3 is 15.8 Å².